The van der Waals surface area contributed by atoms with Gasteiger partial charge < -0.3 is 10.6 Å². The van der Waals surface area contributed by atoms with Gasteiger partial charge in [-0.2, -0.15) is 0 Å². The molecule has 0 spiro atoms. The van der Waals surface area contributed by atoms with Gasteiger partial charge in [-0.1, -0.05) is 30.3 Å². The summed E-state index contributed by atoms with van der Waals surface area (Å²) >= 11 is 0. The van der Waals surface area contributed by atoms with Gasteiger partial charge in [-0.3, -0.25) is 0 Å². The zero-order valence-corrected chi connectivity index (χ0v) is 13.5. The third-order valence-corrected chi connectivity index (χ3v) is 3.72. The van der Waals surface area contributed by atoms with Crippen molar-refractivity contribution >= 4 is 11.6 Å². The lowest BCUT2D eigenvalue weighted by molar-refractivity contribution is 0.613. The van der Waals surface area contributed by atoms with Gasteiger partial charge >= 0.3 is 0 Å². The van der Waals surface area contributed by atoms with Crippen molar-refractivity contribution in [2.45, 2.75) is 13.0 Å². The van der Waals surface area contributed by atoms with Crippen molar-refractivity contribution in [3.63, 3.8) is 0 Å². The lowest BCUT2D eigenvalue weighted by Gasteiger charge is -2.09. The second-order valence-electron chi connectivity index (χ2n) is 5.54. The van der Waals surface area contributed by atoms with Crippen LogP contribution in [-0.4, -0.2) is 16.5 Å². The summed E-state index contributed by atoms with van der Waals surface area (Å²) in [4.78, 5) is 8.29. The van der Waals surface area contributed by atoms with E-state index in [1.54, 1.807) is 36.4 Å². The summed E-state index contributed by atoms with van der Waals surface area (Å²) in [6, 6.07) is 14.8. The maximum Gasteiger partial charge on any atom is 0.131 e. The Balaban J connectivity index is 1.52. The highest BCUT2D eigenvalue weighted by Crippen LogP contribution is 2.12. The van der Waals surface area contributed by atoms with E-state index < -0.39 is 0 Å². The van der Waals surface area contributed by atoms with Crippen molar-refractivity contribution in [1.29, 1.82) is 0 Å². The monoisotopic (exact) mass is 340 g/mol. The third kappa shape index (κ3) is 4.97. The van der Waals surface area contributed by atoms with Crippen molar-refractivity contribution in [2.24, 2.45) is 0 Å². The highest BCUT2D eigenvalue weighted by Gasteiger charge is 2.02. The van der Waals surface area contributed by atoms with Gasteiger partial charge in [0.1, 0.15) is 29.6 Å². The normalized spacial score (nSPS) is 10.5. The molecule has 0 radical (unpaired) electrons. The quantitative estimate of drug-likeness (QED) is 0.682. The van der Waals surface area contributed by atoms with Crippen LogP contribution in [0.25, 0.3) is 0 Å². The van der Waals surface area contributed by atoms with Crippen LogP contribution in [0.1, 0.15) is 11.1 Å². The maximum absolute atomic E-state index is 13.6. The number of anilines is 2. The number of nitrogens with one attached hydrogen (secondary N) is 2. The molecule has 128 valence electrons. The minimum absolute atomic E-state index is 0.238. The Hall–Kier alpha value is -3.02. The Kier molecular flexibility index (Phi) is 5.51. The molecular formula is C19H18F2N4. The molecule has 4 nitrogen and oxygen atoms in total. The van der Waals surface area contributed by atoms with E-state index >= 15 is 0 Å². The maximum atomic E-state index is 13.6. The predicted molar refractivity (Wildman–Crippen MR) is 94.4 cm³/mol. The van der Waals surface area contributed by atoms with Gasteiger partial charge in [-0.05, 0) is 30.2 Å². The van der Waals surface area contributed by atoms with E-state index in [0.29, 0.717) is 30.3 Å². The van der Waals surface area contributed by atoms with Crippen LogP contribution in [0.3, 0.4) is 0 Å². The molecule has 1 heterocycles. The Morgan fingerprint density at radius 1 is 0.840 bits per heavy atom. The van der Waals surface area contributed by atoms with Gasteiger partial charge in [0.2, 0.25) is 0 Å². The molecule has 3 aromatic rings. The molecule has 6 heteroatoms. The summed E-state index contributed by atoms with van der Waals surface area (Å²) in [7, 11) is 0. The molecule has 0 aliphatic rings. The largest absolute Gasteiger partial charge is 0.370 e. The topological polar surface area (TPSA) is 49.8 Å². The van der Waals surface area contributed by atoms with E-state index in [2.05, 4.69) is 20.6 Å². The van der Waals surface area contributed by atoms with Gasteiger partial charge in [-0.25, -0.2) is 18.7 Å². The molecule has 25 heavy (non-hydrogen) atoms. The van der Waals surface area contributed by atoms with Gasteiger partial charge in [0.15, 0.2) is 0 Å². The predicted octanol–water partition coefficient (Wildman–Crippen LogP) is 4.02. The van der Waals surface area contributed by atoms with E-state index in [0.717, 1.165) is 12.0 Å². The molecule has 0 amide bonds. The molecular weight excluding hydrogens is 322 g/mol. The number of halogens is 2. The van der Waals surface area contributed by atoms with E-state index in [1.807, 2.05) is 0 Å². The van der Waals surface area contributed by atoms with Crippen molar-refractivity contribution in [1.82, 2.24) is 9.97 Å². The molecule has 0 bridgehead atoms. The molecule has 2 N–H and O–H groups in total. The van der Waals surface area contributed by atoms with Crippen molar-refractivity contribution in [3.05, 3.63) is 83.7 Å². The lowest BCUT2D eigenvalue weighted by atomic mass is 10.1. The summed E-state index contributed by atoms with van der Waals surface area (Å²) in [6.45, 7) is 1.01. The summed E-state index contributed by atoms with van der Waals surface area (Å²) in [5.41, 5.74) is 1.62. The second kappa shape index (κ2) is 8.19. The van der Waals surface area contributed by atoms with Gasteiger partial charge in [0, 0.05) is 24.7 Å². The van der Waals surface area contributed by atoms with Gasteiger partial charge in [-0.15, -0.1) is 0 Å². The number of benzene rings is 2. The molecule has 0 saturated heterocycles. The van der Waals surface area contributed by atoms with E-state index in [-0.39, 0.29) is 11.6 Å². The zero-order valence-electron chi connectivity index (χ0n) is 13.5. The molecule has 0 atom stereocenters. The molecule has 1 aromatic heterocycles. The molecule has 0 fully saturated rings. The number of aromatic nitrogens is 2. The molecule has 0 saturated carbocycles. The second-order valence-corrected chi connectivity index (χ2v) is 5.54. The Labute approximate surface area is 145 Å². The zero-order chi connectivity index (χ0) is 17.5. The standard InChI is InChI=1S/C19H18F2N4/c20-16-7-5-14(6-8-16)9-10-22-18-11-19(25-13-24-18)23-12-15-3-1-2-4-17(15)21/h1-8,11,13H,9-10,12H2,(H2,22,23,24,25). The van der Waals surface area contributed by atoms with Crippen LogP contribution in [-0.2, 0) is 13.0 Å². The molecule has 0 aliphatic heterocycles. The highest BCUT2D eigenvalue weighted by molar-refractivity contribution is 5.46. The fourth-order valence-corrected chi connectivity index (χ4v) is 2.36. The minimum Gasteiger partial charge on any atom is -0.370 e. The first-order valence-electron chi connectivity index (χ1n) is 7.98. The van der Waals surface area contributed by atoms with Crippen molar-refractivity contribution < 1.29 is 8.78 Å². The fourth-order valence-electron chi connectivity index (χ4n) is 2.36. The van der Waals surface area contributed by atoms with Gasteiger partial charge in [0.05, 0.1) is 0 Å². The van der Waals surface area contributed by atoms with Crippen LogP contribution in [0.2, 0.25) is 0 Å². The van der Waals surface area contributed by atoms with Crippen LogP contribution < -0.4 is 10.6 Å². The first-order chi connectivity index (χ1) is 12.2. The fraction of sp³-hybridized carbons (Fsp3) is 0.158. The summed E-state index contributed by atoms with van der Waals surface area (Å²) in [5, 5.41) is 6.28. The number of hydrogen-bond donors (Lipinski definition) is 2. The van der Waals surface area contributed by atoms with E-state index in [4.69, 9.17) is 0 Å². The Bertz CT molecular complexity index is 822. The molecule has 0 aliphatic carbocycles. The lowest BCUT2D eigenvalue weighted by Crippen LogP contribution is -2.08. The van der Waals surface area contributed by atoms with E-state index in [1.165, 1.54) is 24.5 Å². The highest BCUT2D eigenvalue weighted by atomic mass is 19.1. The van der Waals surface area contributed by atoms with E-state index in [9.17, 15) is 8.78 Å². The molecule has 0 unspecified atom stereocenters. The molecule has 2 aromatic carbocycles. The first-order valence-corrected chi connectivity index (χ1v) is 7.98. The smallest absolute Gasteiger partial charge is 0.131 e. The third-order valence-electron chi connectivity index (χ3n) is 3.72. The average molecular weight is 340 g/mol. The number of nitrogens with zero attached hydrogens (tertiary/aromatic N) is 2. The number of hydrogen-bond acceptors (Lipinski definition) is 4. The summed E-state index contributed by atoms with van der Waals surface area (Å²) in [6.07, 6.45) is 2.20. The summed E-state index contributed by atoms with van der Waals surface area (Å²) < 4.78 is 26.5. The summed E-state index contributed by atoms with van der Waals surface area (Å²) in [5.74, 6) is 0.801. The van der Waals surface area contributed by atoms with Crippen LogP contribution in [0.5, 0.6) is 0 Å². The first kappa shape index (κ1) is 16.8. The Morgan fingerprint density at radius 3 is 2.32 bits per heavy atom. The average Bonchev–Trinajstić information content (AvgIpc) is 2.63. The van der Waals surface area contributed by atoms with Crippen molar-refractivity contribution in [2.75, 3.05) is 17.2 Å². The molecule has 3 rings (SSSR count). The van der Waals surface area contributed by atoms with Crippen LogP contribution in [0, 0.1) is 11.6 Å². The van der Waals surface area contributed by atoms with Crippen LogP contribution in [0.15, 0.2) is 60.9 Å². The SMILES string of the molecule is Fc1ccc(CCNc2cc(NCc3ccccc3F)ncn2)cc1. The van der Waals surface area contributed by atoms with Gasteiger partial charge in [0.25, 0.3) is 0 Å². The van der Waals surface area contributed by atoms with Crippen molar-refractivity contribution in [3.8, 4) is 0 Å². The minimum atomic E-state index is -0.248. The van der Waals surface area contributed by atoms with Crippen LogP contribution in [0.4, 0.5) is 20.4 Å². The Morgan fingerprint density at radius 2 is 1.56 bits per heavy atom. The van der Waals surface area contributed by atoms with Crippen LogP contribution >= 0.6 is 0 Å². The number of rotatable bonds is 7.